The molecule has 0 aliphatic rings. The molecule has 1 rings (SSSR count). The maximum Gasteiger partial charge on any atom is 0.0702 e. The molecule has 0 aliphatic heterocycles. The normalized spacial score (nSPS) is 15.5. The Hall–Kier alpha value is -0.830. The minimum Gasteiger partial charge on any atom is -0.249 e. The van der Waals surface area contributed by atoms with Crippen LogP contribution in [0, 0.1) is 11.7 Å². The second-order valence-corrected chi connectivity index (χ2v) is 6.09. The zero-order chi connectivity index (χ0) is 10.9. The van der Waals surface area contributed by atoms with Gasteiger partial charge in [-0.2, -0.15) is 0 Å². The number of aryl methyl sites for hydroxylation is 1. The van der Waals surface area contributed by atoms with E-state index in [0.29, 0.717) is 5.92 Å². The average molecular weight is 211 g/mol. The fourth-order valence-electron chi connectivity index (χ4n) is 1.66. The van der Waals surface area contributed by atoms with E-state index in [1.807, 2.05) is 25.1 Å². The van der Waals surface area contributed by atoms with E-state index in [9.17, 15) is 4.21 Å². The molecule has 0 amide bonds. The average Bonchev–Trinajstić information content (AvgIpc) is 2.01. The summed E-state index contributed by atoms with van der Waals surface area (Å²) < 4.78 is 19.5. The third-order valence-electron chi connectivity index (χ3n) is 2.25. The van der Waals surface area contributed by atoms with Gasteiger partial charge in [-0.1, -0.05) is 32.0 Å². The van der Waals surface area contributed by atoms with Crippen LogP contribution < -0.4 is 0 Å². The van der Waals surface area contributed by atoms with Crippen LogP contribution in [0.15, 0.2) is 23.1 Å². The quantitative estimate of drug-likeness (QED) is 0.802. The standard InChI is InChI=1S/C11H17NOS/c1-8(2)10-7-5-6-9(3)11(10)14(4,12)13/h5-8,12H,1-4H3/t14-/m1/s1. The monoisotopic (exact) mass is 211 g/mol. The maximum atomic E-state index is 11.8. The minimum atomic E-state index is -2.61. The van der Waals surface area contributed by atoms with E-state index in [4.69, 9.17) is 4.78 Å². The lowest BCUT2D eigenvalue weighted by Gasteiger charge is -2.15. The topological polar surface area (TPSA) is 40.9 Å². The summed E-state index contributed by atoms with van der Waals surface area (Å²) in [6, 6.07) is 5.84. The largest absolute Gasteiger partial charge is 0.249 e. The second-order valence-electron chi connectivity index (χ2n) is 3.99. The summed E-state index contributed by atoms with van der Waals surface area (Å²) in [5.74, 6) is 0.316. The van der Waals surface area contributed by atoms with Crippen molar-refractivity contribution in [1.82, 2.24) is 0 Å². The van der Waals surface area contributed by atoms with Gasteiger partial charge in [0, 0.05) is 6.26 Å². The molecule has 1 N–H and O–H groups in total. The summed E-state index contributed by atoms with van der Waals surface area (Å²) >= 11 is 0. The van der Waals surface area contributed by atoms with Crippen molar-refractivity contribution in [1.29, 1.82) is 4.78 Å². The third kappa shape index (κ3) is 2.15. The predicted molar refractivity (Wildman–Crippen MR) is 60.3 cm³/mol. The molecule has 78 valence electrons. The first-order valence-corrected chi connectivity index (χ1v) is 6.64. The van der Waals surface area contributed by atoms with Crippen molar-refractivity contribution in [3.8, 4) is 0 Å². The Kier molecular flexibility index (Phi) is 3.00. The second kappa shape index (κ2) is 3.73. The molecule has 0 aliphatic carbocycles. The van der Waals surface area contributed by atoms with Gasteiger partial charge in [0.1, 0.15) is 0 Å². The predicted octanol–water partition coefficient (Wildman–Crippen LogP) is 3.15. The smallest absolute Gasteiger partial charge is 0.0702 e. The van der Waals surface area contributed by atoms with Crippen LogP contribution in [0.1, 0.15) is 30.9 Å². The Morgan fingerprint density at radius 3 is 2.29 bits per heavy atom. The van der Waals surface area contributed by atoms with Crippen LogP contribution in [-0.4, -0.2) is 10.5 Å². The highest BCUT2D eigenvalue weighted by atomic mass is 32.2. The number of hydrogen-bond donors (Lipinski definition) is 1. The lowest BCUT2D eigenvalue weighted by molar-refractivity contribution is 0.675. The van der Waals surface area contributed by atoms with E-state index >= 15 is 0 Å². The highest BCUT2D eigenvalue weighted by molar-refractivity contribution is 7.91. The molecule has 0 fully saturated rings. The molecule has 0 unspecified atom stereocenters. The van der Waals surface area contributed by atoms with E-state index < -0.39 is 9.73 Å². The zero-order valence-corrected chi connectivity index (χ0v) is 9.94. The van der Waals surface area contributed by atoms with E-state index in [0.717, 1.165) is 16.0 Å². The van der Waals surface area contributed by atoms with Gasteiger partial charge in [-0.05, 0) is 24.0 Å². The molecule has 0 aromatic heterocycles. The van der Waals surface area contributed by atoms with Crippen LogP contribution >= 0.6 is 0 Å². The van der Waals surface area contributed by atoms with Crippen LogP contribution in [0.2, 0.25) is 0 Å². The van der Waals surface area contributed by atoms with Gasteiger partial charge >= 0.3 is 0 Å². The summed E-state index contributed by atoms with van der Waals surface area (Å²) in [5.41, 5.74) is 1.99. The Labute approximate surface area is 86.3 Å². The molecule has 0 heterocycles. The first kappa shape index (κ1) is 11.2. The number of hydrogen-bond acceptors (Lipinski definition) is 2. The van der Waals surface area contributed by atoms with Crippen molar-refractivity contribution < 1.29 is 4.21 Å². The molecule has 1 atom stereocenters. The van der Waals surface area contributed by atoms with Crippen LogP contribution in [0.4, 0.5) is 0 Å². The molecular weight excluding hydrogens is 194 g/mol. The molecule has 0 radical (unpaired) electrons. The molecular formula is C11H17NOS. The van der Waals surface area contributed by atoms with Crippen LogP contribution in [0.5, 0.6) is 0 Å². The summed E-state index contributed by atoms with van der Waals surface area (Å²) in [5, 5.41) is 0. The number of rotatable bonds is 2. The van der Waals surface area contributed by atoms with E-state index in [2.05, 4.69) is 13.8 Å². The summed E-state index contributed by atoms with van der Waals surface area (Å²) in [6.45, 7) is 6.03. The Bertz CT molecular complexity index is 433. The molecule has 0 saturated carbocycles. The first-order chi connectivity index (χ1) is 6.34. The van der Waals surface area contributed by atoms with Gasteiger partial charge in [0.25, 0.3) is 0 Å². The molecule has 3 heteroatoms. The highest BCUT2D eigenvalue weighted by Gasteiger charge is 2.14. The van der Waals surface area contributed by atoms with Gasteiger partial charge in [-0.25, -0.2) is 8.99 Å². The van der Waals surface area contributed by atoms with Crippen molar-refractivity contribution in [2.45, 2.75) is 31.6 Å². The number of benzene rings is 1. The molecule has 2 nitrogen and oxygen atoms in total. The highest BCUT2D eigenvalue weighted by Crippen LogP contribution is 2.26. The van der Waals surface area contributed by atoms with Gasteiger partial charge in [-0.3, -0.25) is 0 Å². The van der Waals surface area contributed by atoms with Crippen LogP contribution in [0.3, 0.4) is 0 Å². The van der Waals surface area contributed by atoms with Gasteiger partial charge in [0.05, 0.1) is 14.6 Å². The zero-order valence-electron chi connectivity index (χ0n) is 9.13. The molecule has 0 saturated heterocycles. The first-order valence-electron chi connectivity index (χ1n) is 4.67. The van der Waals surface area contributed by atoms with Gasteiger partial charge in [0.2, 0.25) is 0 Å². The third-order valence-corrected chi connectivity index (χ3v) is 3.59. The van der Waals surface area contributed by atoms with E-state index in [1.54, 1.807) is 0 Å². The SMILES string of the molecule is Cc1cccc(C(C)C)c1[S@](C)(=N)=O. The van der Waals surface area contributed by atoms with Crippen molar-refractivity contribution in [2.24, 2.45) is 0 Å². The molecule has 1 aromatic carbocycles. The fourth-order valence-corrected chi connectivity index (χ4v) is 3.10. The molecule has 0 spiro atoms. The van der Waals surface area contributed by atoms with Crippen molar-refractivity contribution in [2.75, 3.05) is 6.26 Å². The molecule has 0 bridgehead atoms. The van der Waals surface area contributed by atoms with Gasteiger partial charge in [-0.15, -0.1) is 0 Å². The molecule has 14 heavy (non-hydrogen) atoms. The lowest BCUT2D eigenvalue weighted by atomic mass is 10.0. The van der Waals surface area contributed by atoms with Crippen molar-refractivity contribution in [3.63, 3.8) is 0 Å². The van der Waals surface area contributed by atoms with Crippen LogP contribution in [-0.2, 0) is 9.73 Å². The van der Waals surface area contributed by atoms with Gasteiger partial charge < -0.3 is 0 Å². The Balaban J connectivity index is 3.54. The van der Waals surface area contributed by atoms with Gasteiger partial charge in [0.15, 0.2) is 0 Å². The van der Waals surface area contributed by atoms with Crippen molar-refractivity contribution >= 4 is 9.73 Å². The summed E-state index contributed by atoms with van der Waals surface area (Å²) in [6.07, 6.45) is 1.49. The maximum absolute atomic E-state index is 11.8. The Morgan fingerprint density at radius 2 is 1.93 bits per heavy atom. The lowest BCUT2D eigenvalue weighted by Crippen LogP contribution is -2.04. The minimum absolute atomic E-state index is 0.316. The summed E-state index contributed by atoms with van der Waals surface area (Å²) in [7, 11) is -2.61. The van der Waals surface area contributed by atoms with Crippen LogP contribution in [0.25, 0.3) is 0 Å². The Morgan fingerprint density at radius 1 is 1.36 bits per heavy atom. The fraction of sp³-hybridized carbons (Fsp3) is 0.455. The van der Waals surface area contributed by atoms with E-state index in [-0.39, 0.29) is 0 Å². The summed E-state index contributed by atoms with van der Waals surface area (Å²) in [4.78, 5) is 0.718. The number of nitrogens with one attached hydrogen (secondary N) is 1. The molecule has 1 aromatic rings. The van der Waals surface area contributed by atoms with Crippen molar-refractivity contribution in [3.05, 3.63) is 29.3 Å². The van der Waals surface area contributed by atoms with E-state index in [1.165, 1.54) is 6.26 Å².